The van der Waals surface area contributed by atoms with E-state index in [2.05, 4.69) is 5.32 Å². The average Bonchev–Trinajstić information content (AvgIpc) is 2.15. The minimum Gasteiger partial charge on any atom is -0.330 e. The molecule has 4 rings (SSSR count). The van der Waals surface area contributed by atoms with E-state index in [1.54, 1.807) is 0 Å². The smallest absolute Gasteiger partial charge is 0.0189 e. The first-order valence-electron chi connectivity index (χ1n) is 6.75. The molecule has 3 heteroatoms. The lowest BCUT2D eigenvalue weighted by atomic mass is 9.53. The third-order valence-electron chi connectivity index (χ3n) is 4.92. The Morgan fingerprint density at radius 3 is 1.94 bits per heavy atom. The van der Waals surface area contributed by atoms with Crippen molar-refractivity contribution < 1.29 is 0 Å². The van der Waals surface area contributed by atoms with E-state index in [1.165, 1.54) is 38.5 Å². The van der Waals surface area contributed by atoms with Gasteiger partial charge in [0.05, 0.1) is 0 Å². The Labute approximate surface area is 105 Å². The Hall–Kier alpha value is 0.210. The van der Waals surface area contributed by atoms with E-state index in [9.17, 15) is 0 Å². The van der Waals surface area contributed by atoms with Crippen molar-refractivity contribution in [1.82, 2.24) is 5.32 Å². The molecule has 4 aliphatic carbocycles. The van der Waals surface area contributed by atoms with Gasteiger partial charge in [-0.2, -0.15) is 0 Å². The molecule has 4 fully saturated rings. The van der Waals surface area contributed by atoms with E-state index in [1.807, 2.05) is 0 Å². The Bertz CT molecular complexity index is 207. The lowest BCUT2D eigenvalue weighted by molar-refractivity contribution is -0.0194. The molecule has 0 heterocycles. The second kappa shape index (κ2) is 4.83. The molecule has 0 unspecified atom stereocenters. The van der Waals surface area contributed by atoms with Gasteiger partial charge in [0.25, 0.3) is 0 Å². The molecular weight excluding hydrogens is 220 g/mol. The van der Waals surface area contributed by atoms with E-state index >= 15 is 0 Å². The first-order chi connectivity index (χ1) is 7.30. The molecule has 94 valence electrons. The van der Waals surface area contributed by atoms with Gasteiger partial charge in [0.1, 0.15) is 0 Å². The summed E-state index contributed by atoms with van der Waals surface area (Å²) in [6.07, 6.45) is 10.1. The van der Waals surface area contributed by atoms with Crippen LogP contribution in [0.15, 0.2) is 0 Å². The summed E-state index contributed by atoms with van der Waals surface area (Å²) in [5.41, 5.74) is 6.11. The normalized spacial score (nSPS) is 44.4. The zero-order chi connectivity index (χ0) is 10.3. The van der Waals surface area contributed by atoms with Gasteiger partial charge in [0, 0.05) is 5.54 Å². The zero-order valence-corrected chi connectivity index (χ0v) is 10.9. The van der Waals surface area contributed by atoms with Crippen molar-refractivity contribution in [2.24, 2.45) is 23.5 Å². The van der Waals surface area contributed by atoms with Crippen LogP contribution in [-0.4, -0.2) is 18.6 Å². The Morgan fingerprint density at radius 1 is 1.00 bits per heavy atom. The first-order valence-corrected chi connectivity index (χ1v) is 6.75. The fraction of sp³-hybridized carbons (Fsp3) is 1.00. The first kappa shape index (κ1) is 12.7. The van der Waals surface area contributed by atoms with Crippen LogP contribution < -0.4 is 11.1 Å². The van der Waals surface area contributed by atoms with Crippen LogP contribution in [0.25, 0.3) is 0 Å². The summed E-state index contributed by atoms with van der Waals surface area (Å²) >= 11 is 0. The lowest BCUT2D eigenvalue weighted by Gasteiger charge is -2.57. The van der Waals surface area contributed by atoms with Gasteiger partial charge in [0.2, 0.25) is 0 Å². The Balaban J connectivity index is 0.000000963. The maximum absolute atomic E-state index is 5.57. The topological polar surface area (TPSA) is 38.0 Å². The molecule has 3 N–H and O–H groups in total. The quantitative estimate of drug-likeness (QED) is 0.745. The molecule has 0 amide bonds. The van der Waals surface area contributed by atoms with Gasteiger partial charge in [-0.25, -0.2) is 0 Å². The highest BCUT2D eigenvalue weighted by Gasteiger charge is 2.50. The second-order valence-corrected chi connectivity index (χ2v) is 6.27. The maximum atomic E-state index is 5.57. The van der Waals surface area contributed by atoms with E-state index < -0.39 is 0 Å². The molecule has 2 nitrogen and oxygen atoms in total. The van der Waals surface area contributed by atoms with Crippen molar-refractivity contribution in [2.75, 3.05) is 13.1 Å². The van der Waals surface area contributed by atoms with E-state index in [0.29, 0.717) is 5.54 Å². The summed E-state index contributed by atoms with van der Waals surface area (Å²) < 4.78 is 0. The Kier molecular flexibility index (Phi) is 3.82. The minimum absolute atomic E-state index is 0. The molecule has 4 saturated carbocycles. The van der Waals surface area contributed by atoms with Crippen molar-refractivity contribution in [3.63, 3.8) is 0 Å². The summed E-state index contributed by atoms with van der Waals surface area (Å²) in [6, 6.07) is 0. The molecule has 4 bridgehead atoms. The van der Waals surface area contributed by atoms with Crippen molar-refractivity contribution in [2.45, 2.75) is 50.5 Å². The number of nitrogens with two attached hydrogens (primary N) is 1. The van der Waals surface area contributed by atoms with Crippen molar-refractivity contribution >= 4 is 12.4 Å². The van der Waals surface area contributed by atoms with Crippen molar-refractivity contribution in [3.05, 3.63) is 0 Å². The molecule has 0 atom stereocenters. The van der Waals surface area contributed by atoms with Gasteiger partial charge in [-0.05, 0) is 75.8 Å². The molecule has 16 heavy (non-hydrogen) atoms. The SMILES string of the molecule is Cl.NCCCNC12CC3CC(CC(C3)C1)C2. The molecule has 0 aromatic heterocycles. The van der Waals surface area contributed by atoms with Crippen LogP contribution in [0, 0.1) is 17.8 Å². The standard InChI is InChI=1S/C13H24N2.ClH/c14-2-1-3-15-13-7-10-4-11(8-13)6-12(5-10)9-13;/h10-12,15H,1-9,14H2;1H. The summed E-state index contributed by atoms with van der Waals surface area (Å²) in [5, 5.41) is 3.85. The number of nitrogens with one attached hydrogen (secondary N) is 1. The molecule has 0 aromatic carbocycles. The van der Waals surface area contributed by atoms with Crippen LogP contribution in [0.1, 0.15) is 44.9 Å². The Morgan fingerprint density at radius 2 is 1.50 bits per heavy atom. The summed E-state index contributed by atoms with van der Waals surface area (Å²) in [6.45, 7) is 1.97. The maximum Gasteiger partial charge on any atom is 0.0189 e. The largest absolute Gasteiger partial charge is 0.330 e. The molecule has 0 saturated heterocycles. The highest BCUT2D eigenvalue weighted by Crippen LogP contribution is 2.55. The number of rotatable bonds is 4. The van der Waals surface area contributed by atoms with Gasteiger partial charge in [-0.1, -0.05) is 0 Å². The summed E-state index contributed by atoms with van der Waals surface area (Å²) in [7, 11) is 0. The third kappa shape index (κ3) is 2.25. The molecule has 0 aromatic rings. The van der Waals surface area contributed by atoms with Crippen molar-refractivity contribution in [3.8, 4) is 0 Å². The summed E-state index contributed by atoms with van der Waals surface area (Å²) in [4.78, 5) is 0. The van der Waals surface area contributed by atoms with Crippen LogP contribution in [0.4, 0.5) is 0 Å². The fourth-order valence-corrected chi connectivity index (χ4v) is 4.78. The highest BCUT2D eigenvalue weighted by atomic mass is 35.5. The molecule has 4 aliphatic rings. The number of hydrogen-bond acceptors (Lipinski definition) is 2. The van der Waals surface area contributed by atoms with E-state index in [4.69, 9.17) is 5.73 Å². The molecule has 0 spiro atoms. The van der Waals surface area contributed by atoms with Crippen LogP contribution in [0.2, 0.25) is 0 Å². The van der Waals surface area contributed by atoms with E-state index in [-0.39, 0.29) is 12.4 Å². The molecule has 0 aliphatic heterocycles. The highest BCUT2D eigenvalue weighted by molar-refractivity contribution is 5.85. The monoisotopic (exact) mass is 244 g/mol. The van der Waals surface area contributed by atoms with Crippen LogP contribution in [0.5, 0.6) is 0 Å². The fourth-order valence-electron chi connectivity index (χ4n) is 4.78. The summed E-state index contributed by atoms with van der Waals surface area (Å²) in [5.74, 6) is 3.17. The predicted octanol–water partition coefficient (Wildman–Crippen LogP) is 2.32. The zero-order valence-electron chi connectivity index (χ0n) is 10.1. The van der Waals surface area contributed by atoms with Crippen LogP contribution >= 0.6 is 12.4 Å². The molecule has 0 radical (unpaired) electrons. The predicted molar refractivity (Wildman–Crippen MR) is 69.8 cm³/mol. The van der Waals surface area contributed by atoms with Crippen LogP contribution in [-0.2, 0) is 0 Å². The lowest BCUT2D eigenvalue weighted by Crippen LogP contribution is -2.58. The third-order valence-corrected chi connectivity index (χ3v) is 4.92. The van der Waals surface area contributed by atoms with Gasteiger partial charge in [0.15, 0.2) is 0 Å². The molecular formula is C13H25ClN2. The van der Waals surface area contributed by atoms with Gasteiger partial charge >= 0.3 is 0 Å². The van der Waals surface area contributed by atoms with Crippen LogP contribution in [0.3, 0.4) is 0 Å². The number of hydrogen-bond donors (Lipinski definition) is 2. The van der Waals surface area contributed by atoms with Gasteiger partial charge in [-0.15, -0.1) is 12.4 Å². The van der Waals surface area contributed by atoms with Crippen molar-refractivity contribution in [1.29, 1.82) is 0 Å². The number of halogens is 1. The second-order valence-electron chi connectivity index (χ2n) is 6.27. The van der Waals surface area contributed by atoms with Gasteiger partial charge in [-0.3, -0.25) is 0 Å². The minimum atomic E-state index is 0. The van der Waals surface area contributed by atoms with E-state index in [0.717, 1.165) is 37.3 Å². The van der Waals surface area contributed by atoms with Gasteiger partial charge < -0.3 is 11.1 Å². The average molecular weight is 245 g/mol.